The molecule has 0 spiro atoms. The number of nitrogens with zero attached hydrogens (tertiary/aromatic N) is 1. The highest BCUT2D eigenvalue weighted by Crippen LogP contribution is 2.25. The van der Waals surface area contributed by atoms with Crippen molar-refractivity contribution >= 4 is 5.78 Å². The third-order valence-electron chi connectivity index (χ3n) is 2.63. The Bertz CT molecular complexity index is 207. The largest absolute Gasteiger partial charge is 0.449 e. The van der Waals surface area contributed by atoms with Crippen LogP contribution in [0.25, 0.3) is 0 Å². The molecule has 0 aromatic carbocycles. The van der Waals surface area contributed by atoms with E-state index in [0.29, 0.717) is 12.8 Å². The summed E-state index contributed by atoms with van der Waals surface area (Å²) < 4.78 is 35.8. The Morgan fingerprint density at radius 3 is 2.29 bits per heavy atom. The molecule has 5 heteroatoms. The van der Waals surface area contributed by atoms with Crippen molar-refractivity contribution < 1.29 is 18.0 Å². The van der Waals surface area contributed by atoms with Crippen LogP contribution in [-0.2, 0) is 4.79 Å². The van der Waals surface area contributed by atoms with Gasteiger partial charge in [0.2, 0.25) is 5.78 Å². The number of carbonyl (C=O) groups is 1. The van der Waals surface area contributed by atoms with Crippen LogP contribution in [0, 0.1) is 5.92 Å². The van der Waals surface area contributed by atoms with Crippen LogP contribution in [0.15, 0.2) is 0 Å². The summed E-state index contributed by atoms with van der Waals surface area (Å²) in [5.74, 6) is -1.66. The van der Waals surface area contributed by atoms with Crippen molar-refractivity contribution in [3.8, 4) is 0 Å². The number of rotatable bonds is 2. The van der Waals surface area contributed by atoms with Gasteiger partial charge >= 0.3 is 6.18 Å². The summed E-state index contributed by atoms with van der Waals surface area (Å²) >= 11 is 0. The predicted molar refractivity (Wildman–Crippen MR) is 45.9 cm³/mol. The number of carbonyl (C=O) groups excluding carboxylic acids is 1. The molecule has 1 saturated heterocycles. The van der Waals surface area contributed by atoms with Gasteiger partial charge in [-0.1, -0.05) is 0 Å². The molecule has 1 fully saturated rings. The average Bonchev–Trinajstić information content (AvgIpc) is 2.07. The van der Waals surface area contributed by atoms with Crippen LogP contribution in [0.5, 0.6) is 0 Å². The van der Waals surface area contributed by atoms with Crippen molar-refractivity contribution in [2.45, 2.75) is 25.4 Å². The zero-order valence-electron chi connectivity index (χ0n) is 8.10. The van der Waals surface area contributed by atoms with Crippen molar-refractivity contribution in [1.29, 1.82) is 0 Å². The maximum atomic E-state index is 11.9. The molecule has 0 aromatic rings. The monoisotopic (exact) mass is 209 g/mol. The van der Waals surface area contributed by atoms with E-state index in [2.05, 4.69) is 4.90 Å². The number of Topliss-reactive ketones (excluding diaryl/α,β-unsaturated/α-hetero) is 1. The molecule has 82 valence electrons. The van der Waals surface area contributed by atoms with Crippen LogP contribution in [0.4, 0.5) is 13.2 Å². The number of alkyl halides is 3. The van der Waals surface area contributed by atoms with Gasteiger partial charge in [0.05, 0.1) is 0 Å². The number of hydrogen-bond acceptors (Lipinski definition) is 2. The summed E-state index contributed by atoms with van der Waals surface area (Å²) in [6.45, 7) is 1.58. The third kappa shape index (κ3) is 3.29. The molecule has 0 unspecified atom stereocenters. The van der Waals surface area contributed by atoms with E-state index < -0.39 is 12.0 Å². The maximum absolute atomic E-state index is 11.9. The summed E-state index contributed by atoms with van der Waals surface area (Å²) in [4.78, 5) is 12.7. The first-order valence-corrected chi connectivity index (χ1v) is 4.68. The Morgan fingerprint density at radius 1 is 1.36 bits per heavy atom. The maximum Gasteiger partial charge on any atom is 0.449 e. The van der Waals surface area contributed by atoms with Crippen LogP contribution in [0.1, 0.15) is 19.3 Å². The fraction of sp³-hybridized carbons (Fsp3) is 0.889. The van der Waals surface area contributed by atoms with Gasteiger partial charge in [-0.05, 0) is 38.9 Å². The number of hydrogen-bond donors (Lipinski definition) is 0. The van der Waals surface area contributed by atoms with Gasteiger partial charge in [-0.25, -0.2) is 0 Å². The Morgan fingerprint density at radius 2 is 1.86 bits per heavy atom. The molecule has 0 aromatic heterocycles. The van der Waals surface area contributed by atoms with Gasteiger partial charge in [0, 0.05) is 6.42 Å². The first kappa shape index (κ1) is 11.5. The van der Waals surface area contributed by atoms with Crippen molar-refractivity contribution in [3.63, 3.8) is 0 Å². The van der Waals surface area contributed by atoms with Crippen LogP contribution in [0.2, 0.25) is 0 Å². The Labute approximate surface area is 81.1 Å². The summed E-state index contributed by atoms with van der Waals surface area (Å²) in [5, 5.41) is 0. The average molecular weight is 209 g/mol. The van der Waals surface area contributed by atoms with Gasteiger partial charge in [-0.15, -0.1) is 0 Å². The SMILES string of the molecule is CN1CCC(CC(=O)C(F)(F)F)CC1. The number of halogens is 3. The van der Waals surface area contributed by atoms with Crippen molar-refractivity contribution in [2.75, 3.05) is 20.1 Å². The number of likely N-dealkylation sites (tertiary alicyclic amines) is 1. The van der Waals surface area contributed by atoms with Gasteiger partial charge in [0.15, 0.2) is 0 Å². The Kier molecular flexibility index (Phi) is 3.53. The number of piperidine rings is 1. The lowest BCUT2D eigenvalue weighted by atomic mass is 9.92. The molecule has 2 nitrogen and oxygen atoms in total. The second-order valence-corrected chi connectivity index (χ2v) is 3.87. The molecule has 1 heterocycles. The van der Waals surface area contributed by atoms with E-state index in [9.17, 15) is 18.0 Å². The summed E-state index contributed by atoms with van der Waals surface area (Å²) in [6.07, 6.45) is -3.60. The Hall–Kier alpha value is -0.580. The molecule has 0 atom stereocenters. The lowest BCUT2D eigenvalue weighted by molar-refractivity contribution is -0.172. The quantitative estimate of drug-likeness (QED) is 0.691. The highest BCUT2D eigenvalue weighted by atomic mass is 19.4. The van der Waals surface area contributed by atoms with Gasteiger partial charge in [-0.3, -0.25) is 4.79 Å². The molecule has 0 aliphatic carbocycles. The standard InChI is InChI=1S/C9H14F3NO/c1-13-4-2-7(3-5-13)6-8(14)9(10,11)12/h7H,2-6H2,1H3. The molecular formula is C9H14F3NO. The van der Waals surface area contributed by atoms with Crippen LogP contribution in [0.3, 0.4) is 0 Å². The summed E-state index contributed by atoms with van der Waals surface area (Å²) in [5.41, 5.74) is 0. The fourth-order valence-electron chi connectivity index (χ4n) is 1.64. The summed E-state index contributed by atoms with van der Waals surface area (Å²) in [7, 11) is 1.93. The van der Waals surface area contributed by atoms with Crippen LogP contribution >= 0.6 is 0 Å². The minimum Gasteiger partial charge on any atom is -0.306 e. The minimum absolute atomic E-state index is 0.0830. The van der Waals surface area contributed by atoms with Gasteiger partial charge in [0.25, 0.3) is 0 Å². The lowest BCUT2D eigenvalue weighted by Gasteiger charge is -2.28. The molecule has 14 heavy (non-hydrogen) atoms. The zero-order chi connectivity index (χ0) is 10.8. The van der Waals surface area contributed by atoms with Crippen LogP contribution < -0.4 is 0 Å². The minimum atomic E-state index is -4.65. The second kappa shape index (κ2) is 4.29. The third-order valence-corrected chi connectivity index (χ3v) is 2.63. The first-order valence-electron chi connectivity index (χ1n) is 4.68. The second-order valence-electron chi connectivity index (χ2n) is 3.87. The van der Waals surface area contributed by atoms with Crippen LogP contribution in [-0.4, -0.2) is 37.0 Å². The van der Waals surface area contributed by atoms with E-state index in [4.69, 9.17) is 0 Å². The highest BCUT2D eigenvalue weighted by molar-refractivity contribution is 5.84. The molecule has 1 aliphatic heterocycles. The topological polar surface area (TPSA) is 20.3 Å². The molecule has 0 radical (unpaired) electrons. The lowest BCUT2D eigenvalue weighted by Crippen LogP contribution is -2.33. The molecule has 0 amide bonds. The Balaban J connectivity index is 2.35. The molecule has 0 bridgehead atoms. The van der Waals surface area contributed by atoms with E-state index in [1.165, 1.54) is 0 Å². The molecule has 1 aliphatic rings. The van der Waals surface area contributed by atoms with Gasteiger partial charge in [-0.2, -0.15) is 13.2 Å². The molecule has 1 rings (SSSR count). The molecule has 0 N–H and O–H groups in total. The van der Waals surface area contributed by atoms with Crippen molar-refractivity contribution in [2.24, 2.45) is 5.92 Å². The van der Waals surface area contributed by atoms with E-state index in [1.54, 1.807) is 0 Å². The van der Waals surface area contributed by atoms with Crippen molar-refractivity contribution in [1.82, 2.24) is 4.90 Å². The molecular weight excluding hydrogens is 195 g/mol. The normalized spacial score (nSPS) is 21.1. The fourth-order valence-corrected chi connectivity index (χ4v) is 1.64. The highest BCUT2D eigenvalue weighted by Gasteiger charge is 2.39. The van der Waals surface area contributed by atoms with E-state index in [1.807, 2.05) is 7.05 Å². The van der Waals surface area contributed by atoms with E-state index in [0.717, 1.165) is 13.1 Å². The van der Waals surface area contributed by atoms with E-state index in [-0.39, 0.29) is 12.3 Å². The molecule has 0 saturated carbocycles. The van der Waals surface area contributed by atoms with E-state index >= 15 is 0 Å². The summed E-state index contributed by atoms with van der Waals surface area (Å²) in [6, 6.07) is 0. The smallest absolute Gasteiger partial charge is 0.306 e. The first-order chi connectivity index (χ1) is 6.39. The predicted octanol–water partition coefficient (Wildman–Crippen LogP) is 1.85. The zero-order valence-corrected chi connectivity index (χ0v) is 8.10. The van der Waals surface area contributed by atoms with Crippen molar-refractivity contribution in [3.05, 3.63) is 0 Å². The van der Waals surface area contributed by atoms with Gasteiger partial charge in [0.1, 0.15) is 0 Å². The number of ketones is 1. The van der Waals surface area contributed by atoms with Gasteiger partial charge < -0.3 is 4.90 Å².